The van der Waals surface area contributed by atoms with Crippen LogP contribution in [-0.2, 0) is 12.7 Å². The van der Waals surface area contributed by atoms with Crippen molar-refractivity contribution in [2.24, 2.45) is 0 Å². The largest absolute Gasteiger partial charge is 0.491 e. The minimum absolute atomic E-state index is 0.0209. The molecule has 0 aliphatic rings. The first-order valence-electron chi connectivity index (χ1n) is 9.28. The minimum atomic E-state index is -4.45. The number of hydrogen-bond acceptors (Lipinski definition) is 4. The normalized spacial score (nSPS) is 11.5. The van der Waals surface area contributed by atoms with E-state index in [-0.39, 0.29) is 18.0 Å². The van der Waals surface area contributed by atoms with Crippen molar-refractivity contribution in [2.75, 3.05) is 7.11 Å². The van der Waals surface area contributed by atoms with Crippen LogP contribution in [0.2, 0.25) is 0 Å². The molecule has 0 spiro atoms. The van der Waals surface area contributed by atoms with Crippen molar-refractivity contribution in [3.63, 3.8) is 0 Å². The van der Waals surface area contributed by atoms with Gasteiger partial charge < -0.3 is 4.74 Å². The molecule has 4 rings (SSSR count). The average Bonchev–Trinajstić information content (AvgIpc) is 3.25. The zero-order valence-corrected chi connectivity index (χ0v) is 16.4. The molecular weight excluding hydrogens is 409 g/mol. The molecule has 0 saturated carbocycles. The van der Waals surface area contributed by atoms with Crippen LogP contribution in [-0.4, -0.2) is 26.7 Å². The van der Waals surface area contributed by atoms with Crippen LogP contribution in [0, 0.1) is 0 Å². The summed E-state index contributed by atoms with van der Waals surface area (Å²) < 4.78 is 47.3. The zero-order valence-electron chi connectivity index (χ0n) is 16.4. The number of rotatable bonds is 5. The second-order valence-electron chi connectivity index (χ2n) is 6.73. The van der Waals surface area contributed by atoms with Crippen LogP contribution in [0.4, 0.5) is 13.2 Å². The highest BCUT2D eigenvalue weighted by Gasteiger charge is 2.30. The van der Waals surface area contributed by atoms with E-state index in [0.29, 0.717) is 11.3 Å². The molecule has 0 N–H and O–H groups in total. The second kappa shape index (κ2) is 8.10. The zero-order chi connectivity index (χ0) is 22.0. The molecule has 31 heavy (non-hydrogen) atoms. The van der Waals surface area contributed by atoms with E-state index in [4.69, 9.17) is 4.74 Å². The van der Waals surface area contributed by atoms with Crippen molar-refractivity contribution >= 4 is 0 Å². The molecule has 0 unspecified atom stereocenters. The summed E-state index contributed by atoms with van der Waals surface area (Å²) in [4.78, 5) is 12.9. The molecule has 0 amide bonds. The van der Waals surface area contributed by atoms with E-state index in [2.05, 4.69) is 10.2 Å². The second-order valence-corrected chi connectivity index (χ2v) is 6.73. The highest BCUT2D eigenvalue weighted by atomic mass is 19.4. The Balaban J connectivity index is 1.78. The van der Waals surface area contributed by atoms with Crippen LogP contribution < -0.4 is 10.2 Å². The van der Waals surface area contributed by atoms with E-state index in [1.54, 1.807) is 23.0 Å². The number of nitrogens with zero attached hydrogens (tertiary/aromatic N) is 4. The summed E-state index contributed by atoms with van der Waals surface area (Å²) in [5.41, 5.74) is 0.438. The number of methoxy groups -OCH3 is 1. The van der Waals surface area contributed by atoms with Gasteiger partial charge in [-0.05, 0) is 35.9 Å². The standard InChI is InChI=1S/C22H17F3N4O2/c1-31-19-14-28(13-15-6-5-7-16(12-15)22(23,24)25)27-20(21(19)30)18-10-11-26-29(18)17-8-3-2-4-9-17/h2-12,14H,13H2,1H3. The van der Waals surface area contributed by atoms with Gasteiger partial charge >= 0.3 is 6.18 Å². The summed E-state index contributed by atoms with van der Waals surface area (Å²) in [6, 6.07) is 15.8. The van der Waals surface area contributed by atoms with Crippen molar-refractivity contribution < 1.29 is 17.9 Å². The van der Waals surface area contributed by atoms with Crippen LogP contribution >= 0.6 is 0 Å². The van der Waals surface area contributed by atoms with E-state index >= 15 is 0 Å². The van der Waals surface area contributed by atoms with E-state index in [1.807, 2.05) is 30.3 Å². The van der Waals surface area contributed by atoms with Gasteiger partial charge in [0.25, 0.3) is 5.43 Å². The predicted molar refractivity (Wildman–Crippen MR) is 108 cm³/mol. The van der Waals surface area contributed by atoms with Gasteiger partial charge in [0.1, 0.15) is 0 Å². The Labute approximate surface area is 175 Å². The van der Waals surface area contributed by atoms with E-state index < -0.39 is 17.2 Å². The third-order valence-electron chi connectivity index (χ3n) is 4.64. The third-order valence-corrected chi connectivity index (χ3v) is 4.64. The van der Waals surface area contributed by atoms with Crippen LogP contribution in [0.5, 0.6) is 5.75 Å². The summed E-state index contributed by atoms with van der Waals surface area (Å²) in [6.45, 7) is 0.0209. The van der Waals surface area contributed by atoms with E-state index in [9.17, 15) is 18.0 Å². The summed E-state index contributed by atoms with van der Waals surface area (Å²) in [5.74, 6) is 0.0257. The molecule has 9 heteroatoms. The molecule has 0 radical (unpaired) electrons. The molecule has 2 heterocycles. The van der Waals surface area contributed by atoms with Crippen molar-refractivity contribution in [1.82, 2.24) is 19.6 Å². The predicted octanol–water partition coefficient (Wildman–Crippen LogP) is 4.17. The highest BCUT2D eigenvalue weighted by Crippen LogP contribution is 2.29. The first kappa shape index (κ1) is 20.4. The molecule has 158 valence electrons. The maximum atomic E-state index is 13.0. The van der Waals surface area contributed by atoms with Gasteiger partial charge in [0.2, 0.25) is 0 Å². The Morgan fingerprint density at radius 2 is 1.81 bits per heavy atom. The molecule has 2 aromatic carbocycles. The number of aromatic nitrogens is 4. The smallest absolute Gasteiger partial charge is 0.416 e. The number of hydrogen-bond donors (Lipinski definition) is 0. The fourth-order valence-electron chi connectivity index (χ4n) is 3.20. The van der Waals surface area contributed by atoms with Crippen molar-refractivity contribution in [2.45, 2.75) is 12.7 Å². The van der Waals surface area contributed by atoms with Gasteiger partial charge in [-0.3, -0.25) is 9.48 Å². The number of ether oxygens (including phenoxy) is 1. The van der Waals surface area contributed by atoms with Crippen molar-refractivity contribution in [3.05, 3.63) is 94.4 Å². The Kier molecular flexibility index (Phi) is 5.33. The molecule has 0 atom stereocenters. The minimum Gasteiger partial charge on any atom is -0.491 e. The topological polar surface area (TPSA) is 61.9 Å². The summed E-state index contributed by atoms with van der Waals surface area (Å²) in [6.07, 6.45) is -1.53. The molecule has 0 fully saturated rings. The quantitative estimate of drug-likeness (QED) is 0.481. The van der Waals surface area contributed by atoms with Gasteiger partial charge in [-0.1, -0.05) is 30.3 Å². The molecular formula is C22H17F3N4O2. The lowest BCUT2D eigenvalue weighted by molar-refractivity contribution is -0.137. The Bertz CT molecular complexity index is 1260. The van der Waals surface area contributed by atoms with Gasteiger partial charge in [0.05, 0.1) is 43.0 Å². The van der Waals surface area contributed by atoms with Crippen LogP contribution in [0.3, 0.4) is 0 Å². The third kappa shape index (κ3) is 4.20. The van der Waals surface area contributed by atoms with Gasteiger partial charge in [-0.15, -0.1) is 0 Å². The number of halogens is 3. The van der Waals surface area contributed by atoms with Gasteiger partial charge in [0, 0.05) is 0 Å². The first-order valence-corrected chi connectivity index (χ1v) is 9.28. The Morgan fingerprint density at radius 1 is 1.03 bits per heavy atom. The van der Waals surface area contributed by atoms with Crippen molar-refractivity contribution in [3.8, 4) is 22.8 Å². The molecule has 0 aliphatic heterocycles. The maximum Gasteiger partial charge on any atom is 0.416 e. The van der Waals surface area contributed by atoms with Gasteiger partial charge in [0.15, 0.2) is 11.4 Å². The number of alkyl halides is 3. The van der Waals surface area contributed by atoms with E-state index in [0.717, 1.165) is 17.8 Å². The molecule has 0 bridgehead atoms. The monoisotopic (exact) mass is 426 g/mol. The fourth-order valence-corrected chi connectivity index (χ4v) is 3.20. The van der Waals surface area contributed by atoms with Crippen LogP contribution in [0.15, 0.2) is 77.9 Å². The first-order chi connectivity index (χ1) is 14.9. The van der Waals surface area contributed by atoms with Gasteiger partial charge in [-0.25, -0.2) is 4.68 Å². The summed E-state index contributed by atoms with van der Waals surface area (Å²) in [5, 5.41) is 8.65. The number of benzene rings is 2. The fraction of sp³-hybridized carbons (Fsp3) is 0.136. The van der Waals surface area contributed by atoms with Crippen molar-refractivity contribution in [1.29, 1.82) is 0 Å². The average molecular weight is 426 g/mol. The lowest BCUT2D eigenvalue weighted by Gasteiger charge is -2.13. The number of para-hydroxylation sites is 1. The van der Waals surface area contributed by atoms with Crippen LogP contribution in [0.25, 0.3) is 17.1 Å². The highest BCUT2D eigenvalue weighted by molar-refractivity contribution is 5.58. The lowest BCUT2D eigenvalue weighted by Crippen LogP contribution is -2.19. The summed E-state index contributed by atoms with van der Waals surface area (Å²) >= 11 is 0. The van der Waals surface area contributed by atoms with Gasteiger partial charge in [-0.2, -0.15) is 23.4 Å². The summed E-state index contributed by atoms with van der Waals surface area (Å²) in [7, 11) is 1.35. The molecule has 4 aromatic rings. The Morgan fingerprint density at radius 3 is 2.52 bits per heavy atom. The Hall–Kier alpha value is -3.88. The van der Waals surface area contributed by atoms with Crippen LogP contribution in [0.1, 0.15) is 11.1 Å². The molecule has 0 aliphatic carbocycles. The SMILES string of the molecule is COc1cn(Cc2cccc(C(F)(F)F)c2)nc(-c2ccnn2-c2ccccc2)c1=O. The molecule has 6 nitrogen and oxygen atoms in total. The lowest BCUT2D eigenvalue weighted by atomic mass is 10.1. The maximum absolute atomic E-state index is 13.0. The van der Waals surface area contributed by atoms with E-state index in [1.165, 1.54) is 24.1 Å². The molecule has 0 saturated heterocycles. The molecule has 2 aromatic heterocycles.